The van der Waals surface area contributed by atoms with Gasteiger partial charge >= 0.3 is 6.18 Å². The fourth-order valence-electron chi connectivity index (χ4n) is 2.51. The van der Waals surface area contributed by atoms with Crippen molar-refractivity contribution in [2.45, 2.75) is 32.4 Å². The number of hydrogen-bond donors (Lipinski definition) is 1. The second-order valence-corrected chi connectivity index (χ2v) is 7.46. The maximum Gasteiger partial charge on any atom is 0.433 e. The summed E-state index contributed by atoms with van der Waals surface area (Å²) in [4.78, 5) is 27.3. The minimum atomic E-state index is -4.62. The molecular weight excluding hydrogens is 399 g/mol. The van der Waals surface area contributed by atoms with Crippen molar-refractivity contribution in [1.82, 2.24) is 29.7 Å². The summed E-state index contributed by atoms with van der Waals surface area (Å²) in [6.45, 7) is 5.28. The van der Waals surface area contributed by atoms with Gasteiger partial charge in [-0.1, -0.05) is 20.8 Å². The third-order valence-corrected chi connectivity index (χ3v) is 4.05. The monoisotopic (exact) mass is 417 g/mol. The van der Waals surface area contributed by atoms with Crippen LogP contribution in [0.5, 0.6) is 0 Å². The summed E-state index contributed by atoms with van der Waals surface area (Å²) in [6.07, 6.45) is 2.03. The molecule has 3 rings (SSSR count). The van der Waals surface area contributed by atoms with E-state index in [9.17, 15) is 18.0 Å². The predicted molar refractivity (Wildman–Crippen MR) is 102 cm³/mol. The number of alkyl halides is 3. The van der Waals surface area contributed by atoms with Crippen molar-refractivity contribution in [2.75, 3.05) is 0 Å². The van der Waals surface area contributed by atoms with Gasteiger partial charge in [-0.25, -0.2) is 24.6 Å². The average Bonchev–Trinajstić information content (AvgIpc) is 3.13. The van der Waals surface area contributed by atoms with Gasteiger partial charge < -0.3 is 5.73 Å². The van der Waals surface area contributed by atoms with Crippen LogP contribution in [0.3, 0.4) is 0 Å². The molecule has 3 aromatic heterocycles. The fourth-order valence-corrected chi connectivity index (χ4v) is 2.51. The third kappa shape index (κ3) is 4.67. The molecule has 0 fully saturated rings. The molecular formula is C19H18F3N7O. The van der Waals surface area contributed by atoms with Crippen LogP contribution in [0.2, 0.25) is 0 Å². The average molecular weight is 417 g/mol. The molecule has 0 aliphatic carbocycles. The molecule has 0 radical (unpaired) electrons. The second kappa shape index (κ2) is 7.65. The summed E-state index contributed by atoms with van der Waals surface area (Å²) in [5.41, 5.74) is 4.58. The van der Waals surface area contributed by atoms with Crippen LogP contribution in [0, 0.1) is 0 Å². The van der Waals surface area contributed by atoms with Crippen LogP contribution in [0.25, 0.3) is 23.2 Å². The summed E-state index contributed by atoms with van der Waals surface area (Å²) in [5, 5.41) is 4.16. The summed E-state index contributed by atoms with van der Waals surface area (Å²) >= 11 is 0. The van der Waals surface area contributed by atoms with Crippen molar-refractivity contribution in [3.8, 4) is 11.4 Å². The number of nitrogens with zero attached hydrogens (tertiary/aromatic N) is 6. The van der Waals surface area contributed by atoms with E-state index >= 15 is 0 Å². The van der Waals surface area contributed by atoms with Gasteiger partial charge in [0.15, 0.2) is 5.82 Å². The molecule has 30 heavy (non-hydrogen) atoms. The Balaban J connectivity index is 2.06. The molecule has 156 valence electrons. The van der Waals surface area contributed by atoms with E-state index in [1.165, 1.54) is 42.0 Å². The van der Waals surface area contributed by atoms with Crippen LogP contribution >= 0.6 is 0 Å². The summed E-state index contributed by atoms with van der Waals surface area (Å²) < 4.78 is 41.2. The normalized spacial score (nSPS) is 12.8. The molecule has 3 aromatic rings. The van der Waals surface area contributed by atoms with Gasteiger partial charge in [-0.15, -0.1) is 5.10 Å². The highest BCUT2D eigenvalue weighted by atomic mass is 19.4. The number of rotatable bonds is 4. The Bertz CT molecular complexity index is 1070. The molecule has 3 heterocycles. The van der Waals surface area contributed by atoms with Crippen LogP contribution in [-0.4, -0.2) is 35.6 Å². The van der Waals surface area contributed by atoms with Crippen LogP contribution in [-0.2, 0) is 16.4 Å². The largest absolute Gasteiger partial charge is 0.433 e. The SMILES string of the molecule is CC(C)(C)c1cc(-c2ncn(/C=C(/C(N)=O)c3cncnc3)n2)cc(C(F)(F)F)n1. The molecule has 8 nitrogen and oxygen atoms in total. The van der Waals surface area contributed by atoms with E-state index in [4.69, 9.17) is 5.73 Å². The van der Waals surface area contributed by atoms with Crippen LogP contribution in [0.4, 0.5) is 13.2 Å². The summed E-state index contributed by atoms with van der Waals surface area (Å²) in [6, 6.07) is 2.40. The highest BCUT2D eigenvalue weighted by Crippen LogP contribution is 2.33. The zero-order chi connectivity index (χ0) is 22.1. The Labute approximate surface area is 169 Å². The molecule has 0 atom stereocenters. The first kappa shape index (κ1) is 21.1. The van der Waals surface area contributed by atoms with Crippen molar-refractivity contribution in [3.63, 3.8) is 0 Å². The van der Waals surface area contributed by atoms with E-state index in [-0.39, 0.29) is 22.7 Å². The van der Waals surface area contributed by atoms with Gasteiger partial charge in [0.2, 0.25) is 0 Å². The zero-order valence-corrected chi connectivity index (χ0v) is 16.3. The van der Waals surface area contributed by atoms with Gasteiger partial charge in [0.1, 0.15) is 18.3 Å². The van der Waals surface area contributed by atoms with Crippen molar-refractivity contribution in [3.05, 3.63) is 54.1 Å². The molecule has 0 spiro atoms. The van der Waals surface area contributed by atoms with Crippen LogP contribution < -0.4 is 5.73 Å². The minimum Gasteiger partial charge on any atom is -0.366 e. The van der Waals surface area contributed by atoms with Crippen LogP contribution in [0.1, 0.15) is 37.7 Å². The van der Waals surface area contributed by atoms with E-state index in [0.29, 0.717) is 5.56 Å². The number of nitrogens with two attached hydrogens (primary N) is 1. The molecule has 0 aliphatic rings. The number of hydrogen-bond acceptors (Lipinski definition) is 6. The van der Waals surface area contributed by atoms with E-state index in [0.717, 1.165) is 6.07 Å². The van der Waals surface area contributed by atoms with Crippen molar-refractivity contribution in [2.24, 2.45) is 5.73 Å². The lowest BCUT2D eigenvalue weighted by atomic mass is 9.90. The van der Waals surface area contributed by atoms with E-state index in [2.05, 4.69) is 25.0 Å². The van der Waals surface area contributed by atoms with Crippen molar-refractivity contribution in [1.29, 1.82) is 0 Å². The third-order valence-electron chi connectivity index (χ3n) is 4.05. The lowest BCUT2D eigenvalue weighted by Crippen LogP contribution is -2.18. The van der Waals surface area contributed by atoms with E-state index in [1.54, 1.807) is 20.8 Å². The lowest BCUT2D eigenvalue weighted by Gasteiger charge is -2.20. The fraction of sp³-hybridized carbons (Fsp3) is 0.263. The maximum atomic E-state index is 13.3. The first-order valence-corrected chi connectivity index (χ1v) is 8.73. The lowest BCUT2D eigenvalue weighted by molar-refractivity contribution is -0.141. The van der Waals surface area contributed by atoms with E-state index < -0.39 is 23.2 Å². The quantitative estimate of drug-likeness (QED) is 0.653. The highest BCUT2D eigenvalue weighted by molar-refractivity contribution is 6.22. The topological polar surface area (TPSA) is 112 Å². The number of aromatic nitrogens is 6. The molecule has 11 heteroatoms. The van der Waals surface area contributed by atoms with Gasteiger partial charge in [-0.2, -0.15) is 13.2 Å². The first-order valence-electron chi connectivity index (χ1n) is 8.73. The molecule has 0 aromatic carbocycles. The molecule has 1 amide bonds. The Hall–Kier alpha value is -3.63. The second-order valence-electron chi connectivity index (χ2n) is 7.46. The Morgan fingerprint density at radius 2 is 1.73 bits per heavy atom. The molecule has 2 N–H and O–H groups in total. The predicted octanol–water partition coefficient (Wildman–Crippen LogP) is 2.93. The van der Waals surface area contributed by atoms with Gasteiger partial charge in [0.25, 0.3) is 5.91 Å². The van der Waals surface area contributed by atoms with Gasteiger partial charge in [0.05, 0.1) is 5.57 Å². The van der Waals surface area contributed by atoms with Gasteiger partial charge in [-0.05, 0) is 12.1 Å². The molecule has 0 aliphatic heterocycles. The Morgan fingerprint density at radius 1 is 1.10 bits per heavy atom. The number of amides is 1. The molecule has 0 bridgehead atoms. The zero-order valence-electron chi connectivity index (χ0n) is 16.3. The molecule has 0 saturated heterocycles. The molecule has 0 saturated carbocycles. The number of primary amides is 1. The highest BCUT2D eigenvalue weighted by Gasteiger charge is 2.34. The van der Waals surface area contributed by atoms with Gasteiger partial charge in [0, 0.05) is 40.8 Å². The summed E-state index contributed by atoms with van der Waals surface area (Å²) in [5.74, 6) is -0.710. The maximum absolute atomic E-state index is 13.3. The minimum absolute atomic E-state index is 0.0396. The van der Waals surface area contributed by atoms with Crippen molar-refractivity contribution >= 4 is 17.7 Å². The Morgan fingerprint density at radius 3 is 2.30 bits per heavy atom. The standard InChI is InChI=1S/C19H18F3N7O/c1-18(2,3)14-4-11(5-15(27-14)19(20,21)22)17-26-10-29(28-17)8-13(16(23)30)12-6-24-9-25-7-12/h4-10H,1-3H3,(H2,23,30)/b13-8+. The smallest absolute Gasteiger partial charge is 0.366 e. The number of carbonyl (C=O) groups excluding carboxylic acids is 1. The van der Waals surface area contributed by atoms with Crippen molar-refractivity contribution < 1.29 is 18.0 Å². The van der Waals surface area contributed by atoms with Gasteiger partial charge in [-0.3, -0.25) is 4.79 Å². The number of pyridine rings is 1. The van der Waals surface area contributed by atoms with Crippen LogP contribution in [0.15, 0.2) is 37.2 Å². The summed E-state index contributed by atoms with van der Waals surface area (Å²) in [7, 11) is 0. The van der Waals surface area contributed by atoms with E-state index in [1.807, 2.05) is 0 Å². The number of halogens is 3. The first-order chi connectivity index (χ1) is 13.9. The Kier molecular flexibility index (Phi) is 5.38. The number of carbonyl (C=O) groups is 1. The molecule has 0 unspecified atom stereocenters.